The first kappa shape index (κ1) is 31.3. The molecule has 3 heterocycles. The molecule has 0 saturated carbocycles. The van der Waals surface area contributed by atoms with Crippen molar-refractivity contribution in [3.05, 3.63) is 181 Å². The van der Waals surface area contributed by atoms with Gasteiger partial charge < -0.3 is 14.2 Å². The van der Waals surface area contributed by atoms with Gasteiger partial charge in [-0.3, -0.25) is 4.90 Å². The maximum Gasteiger partial charge on any atom is 0.257 e. The smallest absolute Gasteiger partial charge is 0.257 e. The summed E-state index contributed by atoms with van der Waals surface area (Å²) < 4.78 is 7.00. The molecule has 0 atom stereocenters. The van der Waals surface area contributed by atoms with E-state index < -0.39 is 0 Å². The number of fused-ring (bicyclic) bond motifs is 6. The van der Waals surface area contributed by atoms with Crippen LogP contribution in [-0.4, -0.2) is 6.71 Å². The maximum atomic E-state index is 7.00. The van der Waals surface area contributed by atoms with Crippen LogP contribution in [0.5, 0.6) is 0 Å². The first-order valence-electron chi connectivity index (χ1n) is 18.4. The minimum absolute atomic E-state index is 0.0287. The van der Waals surface area contributed by atoms with Crippen LogP contribution >= 0.6 is 0 Å². The van der Waals surface area contributed by atoms with E-state index in [9.17, 15) is 0 Å². The molecule has 0 saturated heterocycles. The summed E-state index contributed by atoms with van der Waals surface area (Å²) in [6.07, 6.45) is 0. The fraction of sp³-hybridized carbons (Fsp3) is 0.0833. The molecular weight excluding hydrogens is 645 g/mol. The monoisotopic (exact) mass is 683 g/mol. The van der Waals surface area contributed by atoms with Crippen molar-refractivity contribution < 1.29 is 4.42 Å². The third kappa shape index (κ3) is 4.99. The molecule has 2 aliphatic rings. The quantitative estimate of drug-likeness (QED) is 0.168. The zero-order chi connectivity index (χ0) is 35.7. The number of nitrogens with zero attached hydrogens (tertiary/aromatic N) is 3. The molecular formula is C48H38BN3O. The zero-order valence-corrected chi connectivity index (χ0v) is 30.1. The second-order valence-electron chi connectivity index (χ2n) is 15.0. The standard InChI is InChI=1S/C48H38BN3O/c1-48(2,3)33-27-29-37(30-28-33)52-43-32-38(50(34-17-7-4-8-18-34)35-19-9-5-10-20-35)31-42-46(43)49(45-39-23-13-16-26-44(39)53-47(45)52)40-24-14-15-25-41(40)51(42)36-21-11-6-12-22-36/h4-32H,1-3H3. The molecule has 0 radical (unpaired) electrons. The second-order valence-corrected chi connectivity index (χ2v) is 15.0. The molecule has 1 aromatic heterocycles. The number of anilines is 9. The second kappa shape index (κ2) is 12.1. The first-order valence-corrected chi connectivity index (χ1v) is 18.4. The molecule has 0 unspecified atom stereocenters. The maximum absolute atomic E-state index is 7.00. The minimum atomic E-state index is -0.0455. The Labute approximate surface area is 311 Å². The first-order chi connectivity index (χ1) is 26.0. The Morgan fingerprint density at radius 2 is 1.04 bits per heavy atom. The largest absolute Gasteiger partial charge is 0.440 e. The number of para-hydroxylation sites is 5. The molecule has 10 rings (SSSR count). The van der Waals surface area contributed by atoms with E-state index in [1.807, 2.05) is 0 Å². The molecule has 8 aromatic rings. The highest BCUT2D eigenvalue weighted by molar-refractivity contribution is 7.01. The normalized spacial score (nSPS) is 13.1. The summed E-state index contributed by atoms with van der Waals surface area (Å²) in [4.78, 5) is 7.19. The summed E-state index contributed by atoms with van der Waals surface area (Å²) >= 11 is 0. The van der Waals surface area contributed by atoms with Crippen LogP contribution in [0.15, 0.2) is 180 Å². The molecule has 53 heavy (non-hydrogen) atoms. The van der Waals surface area contributed by atoms with Gasteiger partial charge in [-0.1, -0.05) is 124 Å². The van der Waals surface area contributed by atoms with Gasteiger partial charge in [0.15, 0.2) is 0 Å². The molecule has 0 fully saturated rings. The lowest BCUT2D eigenvalue weighted by atomic mass is 9.33. The van der Waals surface area contributed by atoms with Crippen LogP contribution in [0.25, 0.3) is 11.0 Å². The van der Waals surface area contributed by atoms with Crippen LogP contribution in [0.2, 0.25) is 0 Å². The number of hydrogen-bond acceptors (Lipinski definition) is 4. The lowest BCUT2D eigenvalue weighted by Gasteiger charge is -2.43. The van der Waals surface area contributed by atoms with Crippen molar-refractivity contribution in [1.29, 1.82) is 0 Å². The van der Waals surface area contributed by atoms with Crippen LogP contribution in [0.4, 0.5) is 51.4 Å². The predicted octanol–water partition coefficient (Wildman–Crippen LogP) is 11.3. The Hall–Kier alpha value is -6.46. The van der Waals surface area contributed by atoms with Crippen molar-refractivity contribution in [2.24, 2.45) is 0 Å². The van der Waals surface area contributed by atoms with E-state index in [4.69, 9.17) is 4.42 Å². The van der Waals surface area contributed by atoms with E-state index in [0.29, 0.717) is 0 Å². The molecule has 5 heteroatoms. The molecule has 7 aromatic carbocycles. The Bertz CT molecular complexity index is 2570. The third-order valence-corrected chi connectivity index (χ3v) is 10.8. The molecule has 0 aliphatic carbocycles. The van der Waals surface area contributed by atoms with Gasteiger partial charge >= 0.3 is 0 Å². The average Bonchev–Trinajstić information content (AvgIpc) is 3.58. The highest BCUT2D eigenvalue weighted by Gasteiger charge is 2.46. The van der Waals surface area contributed by atoms with Gasteiger partial charge in [0.2, 0.25) is 5.88 Å². The third-order valence-electron chi connectivity index (χ3n) is 10.8. The highest BCUT2D eigenvalue weighted by atomic mass is 16.4. The molecule has 0 bridgehead atoms. The Balaban J connectivity index is 1.34. The van der Waals surface area contributed by atoms with Gasteiger partial charge in [-0.2, -0.15) is 0 Å². The predicted molar refractivity (Wildman–Crippen MR) is 224 cm³/mol. The SMILES string of the molecule is CC(C)(C)c1ccc(N2c3cc(N(c4ccccc4)c4ccccc4)cc4c3B(c3ccccc3N4c3ccccc3)c3c2oc2ccccc32)cc1. The molecule has 0 N–H and O–H groups in total. The molecule has 0 amide bonds. The highest BCUT2D eigenvalue weighted by Crippen LogP contribution is 2.49. The van der Waals surface area contributed by atoms with E-state index in [1.165, 1.54) is 27.6 Å². The topological polar surface area (TPSA) is 22.9 Å². The summed E-state index contributed by atoms with van der Waals surface area (Å²) in [5, 5.41) is 1.14. The Kier molecular flexibility index (Phi) is 7.12. The van der Waals surface area contributed by atoms with Gasteiger partial charge in [0.05, 0.1) is 5.69 Å². The van der Waals surface area contributed by atoms with Crippen LogP contribution in [-0.2, 0) is 5.41 Å². The van der Waals surface area contributed by atoms with Gasteiger partial charge in [-0.25, -0.2) is 0 Å². The van der Waals surface area contributed by atoms with Crippen molar-refractivity contribution in [2.75, 3.05) is 14.7 Å². The van der Waals surface area contributed by atoms with Crippen molar-refractivity contribution in [3.63, 3.8) is 0 Å². The summed E-state index contributed by atoms with van der Waals surface area (Å²) in [7, 11) is 0. The van der Waals surface area contributed by atoms with Gasteiger partial charge in [0.25, 0.3) is 6.71 Å². The summed E-state index contributed by atoms with van der Waals surface area (Å²) in [5.74, 6) is 0.865. The lowest BCUT2D eigenvalue weighted by molar-refractivity contribution is 0.590. The molecule has 4 nitrogen and oxygen atoms in total. The van der Waals surface area contributed by atoms with Crippen LogP contribution < -0.4 is 31.1 Å². The van der Waals surface area contributed by atoms with Crippen LogP contribution in [0, 0.1) is 0 Å². The van der Waals surface area contributed by atoms with E-state index in [0.717, 1.165) is 56.7 Å². The zero-order valence-electron chi connectivity index (χ0n) is 30.1. The fourth-order valence-electron chi connectivity index (χ4n) is 8.35. The Morgan fingerprint density at radius 1 is 0.491 bits per heavy atom. The lowest BCUT2D eigenvalue weighted by Crippen LogP contribution is -2.61. The van der Waals surface area contributed by atoms with Crippen LogP contribution in [0.3, 0.4) is 0 Å². The molecule has 254 valence electrons. The van der Waals surface area contributed by atoms with Gasteiger partial charge in [0, 0.05) is 50.7 Å². The summed E-state index contributed by atoms with van der Waals surface area (Å²) in [6.45, 7) is 6.75. The van der Waals surface area contributed by atoms with Crippen molar-refractivity contribution in [3.8, 4) is 0 Å². The number of hydrogen-bond donors (Lipinski definition) is 0. The number of rotatable bonds is 5. The fourth-order valence-corrected chi connectivity index (χ4v) is 8.35. The van der Waals surface area contributed by atoms with E-state index in [1.54, 1.807) is 0 Å². The van der Waals surface area contributed by atoms with Crippen molar-refractivity contribution >= 4 is 85.5 Å². The van der Waals surface area contributed by atoms with E-state index in [-0.39, 0.29) is 12.1 Å². The summed E-state index contributed by atoms with van der Waals surface area (Å²) in [6, 6.07) is 63.4. The molecule has 2 aliphatic heterocycles. The van der Waals surface area contributed by atoms with Crippen molar-refractivity contribution in [1.82, 2.24) is 0 Å². The number of furan rings is 1. The van der Waals surface area contributed by atoms with Gasteiger partial charge in [-0.15, -0.1) is 0 Å². The van der Waals surface area contributed by atoms with E-state index in [2.05, 4.69) is 211 Å². The van der Waals surface area contributed by atoms with Crippen molar-refractivity contribution in [2.45, 2.75) is 26.2 Å². The van der Waals surface area contributed by atoms with E-state index >= 15 is 0 Å². The summed E-state index contributed by atoms with van der Waals surface area (Å²) in [5.41, 5.74) is 14.8. The Morgan fingerprint density at radius 3 is 1.70 bits per heavy atom. The minimum Gasteiger partial charge on any atom is -0.440 e. The average molecular weight is 684 g/mol. The van der Waals surface area contributed by atoms with Crippen LogP contribution in [0.1, 0.15) is 26.3 Å². The number of benzene rings is 7. The van der Waals surface area contributed by atoms with Gasteiger partial charge in [-0.05, 0) is 94.7 Å². The van der Waals surface area contributed by atoms with Gasteiger partial charge in [0.1, 0.15) is 5.58 Å². The molecule has 0 spiro atoms.